The van der Waals surface area contributed by atoms with Crippen molar-refractivity contribution in [1.82, 2.24) is 0 Å². The Morgan fingerprint density at radius 2 is 1.92 bits per heavy atom. The quantitative estimate of drug-likeness (QED) is 0.543. The van der Waals surface area contributed by atoms with Gasteiger partial charge in [0.2, 0.25) is 0 Å². The minimum atomic E-state index is -0.636. The van der Waals surface area contributed by atoms with Crippen molar-refractivity contribution in [3.8, 4) is 0 Å². The molecule has 1 heteroatoms. The van der Waals surface area contributed by atoms with E-state index in [0.717, 1.165) is 12.8 Å². The molecular formula is C11H23F. The van der Waals surface area contributed by atoms with Crippen molar-refractivity contribution in [3.63, 3.8) is 0 Å². The minimum Gasteiger partial charge on any atom is -0.247 e. The molecule has 0 aromatic rings. The Bertz CT molecular complexity index is 89.0. The third-order valence-electron chi connectivity index (χ3n) is 1.72. The van der Waals surface area contributed by atoms with Crippen LogP contribution >= 0.6 is 0 Å². The lowest BCUT2D eigenvalue weighted by molar-refractivity contribution is 0.227. The van der Waals surface area contributed by atoms with Crippen molar-refractivity contribution in [3.05, 3.63) is 12.7 Å². The van der Waals surface area contributed by atoms with Crippen LogP contribution in [0.3, 0.4) is 0 Å². The molecule has 0 bridgehead atoms. The normalized spacial score (nSPS) is 14.1. The number of halogens is 1. The molecule has 74 valence electrons. The Labute approximate surface area is 76.9 Å². The molecule has 0 saturated heterocycles. The summed E-state index contributed by atoms with van der Waals surface area (Å²) in [6.07, 6.45) is 3.56. The number of allylic oxidation sites excluding steroid dienone is 1. The lowest BCUT2D eigenvalue weighted by Gasteiger charge is -2.12. The van der Waals surface area contributed by atoms with Gasteiger partial charge in [-0.15, -0.1) is 6.58 Å². The van der Waals surface area contributed by atoms with E-state index in [2.05, 4.69) is 6.58 Å². The summed E-state index contributed by atoms with van der Waals surface area (Å²) >= 11 is 0. The van der Waals surface area contributed by atoms with Crippen LogP contribution in [0, 0.1) is 5.92 Å². The molecule has 0 rings (SSSR count). The summed E-state index contributed by atoms with van der Waals surface area (Å²) in [5.41, 5.74) is 0. The molecule has 0 aliphatic rings. The van der Waals surface area contributed by atoms with Gasteiger partial charge in [0.25, 0.3) is 0 Å². The molecule has 0 radical (unpaired) electrons. The molecule has 2 atom stereocenters. The summed E-state index contributed by atoms with van der Waals surface area (Å²) in [5, 5.41) is 0. The van der Waals surface area contributed by atoms with Gasteiger partial charge in [0.05, 0.1) is 0 Å². The molecular weight excluding hydrogens is 151 g/mol. The molecule has 12 heavy (non-hydrogen) atoms. The third-order valence-corrected chi connectivity index (χ3v) is 1.72. The zero-order valence-corrected chi connectivity index (χ0v) is 8.94. The molecule has 0 spiro atoms. The molecule has 0 aromatic carbocycles. The van der Waals surface area contributed by atoms with Gasteiger partial charge in [0.15, 0.2) is 0 Å². The topological polar surface area (TPSA) is 0 Å². The first-order chi connectivity index (χ1) is 5.72. The smallest absolute Gasteiger partial charge is 0.103 e. The van der Waals surface area contributed by atoms with E-state index in [9.17, 15) is 4.39 Å². The Morgan fingerprint density at radius 1 is 1.42 bits per heavy atom. The van der Waals surface area contributed by atoms with Gasteiger partial charge in [-0.1, -0.05) is 40.2 Å². The van der Waals surface area contributed by atoms with Gasteiger partial charge in [-0.2, -0.15) is 0 Å². The number of alkyl halides is 1. The maximum Gasteiger partial charge on any atom is 0.103 e. The fourth-order valence-electron chi connectivity index (χ4n) is 0.971. The van der Waals surface area contributed by atoms with E-state index in [1.54, 1.807) is 6.08 Å². The highest BCUT2D eigenvalue weighted by Gasteiger charge is 2.12. The lowest BCUT2D eigenvalue weighted by atomic mass is 9.99. The van der Waals surface area contributed by atoms with Crippen molar-refractivity contribution < 1.29 is 4.39 Å². The molecule has 0 saturated carbocycles. The maximum atomic E-state index is 12.9. The van der Waals surface area contributed by atoms with Crippen LogP contribution in [0.25, 0.3) is 0 Å². The Hall–Kier alpha value is -0.330. The van der Waals surface area contributed by atoms with E-state index >= 15 is 0 Å². The summed E-state index contributed by atoms with van der Waals surface area (Å²) in [6, 6.07) is 0. The second kappa shape index (κ2) is 10.7. The highest BCUT2D eigenvalue weighted by atomic mass is 19.1. The molecule has 2 unspecified atom stereocenters. The van der Waals surface area contributed by atoms with Crippen LogP contribution in [0.2, 0.25) is 0 Å². The van der Waals surface area contributed by atoms with Gasteiger partial charge >= 0.3 is 0 Å². The summed E-state index contributed by atoms with van der Waals surface area (Å²) in [6.45, 7) is 11.5. The first kappa shape index (κ1) is 14.2. The van der Waals surface area contributed by atoms with Gasteiger partial charge in [-0.05, 0) is 18.8 Å². The molecule has 0 heterocycles. The van der Waals surface area contributed by atoms with Gasteiger partial charge < -0.3 is 0 Å². The van der Waals surface area contributed by atoms with Gasteiger partial charge in [-0.25, -0.2) is 4.39 Å². The van der Waals surface area contributed by atoms with Gasteiger partial charge in [0.1, 0.15) is 6.17 Å². The number of rotatable bonds is 5. The fourth-order valence-corrected chi connectivity index (χ4v) is 0.971. The van der Waals surface area contributed by atoms with Gasteiger partial charge in [0, 0.05) is 0 Å². The van der Waals surface area contributed by atoms with Crippen LogP contribution in [0.5, 0.6) is 0 Å². The maximum absolute atomic E-state index is 12.9. The highest BCUT2D eigenvalue weighted by Crippen LogP contribution is 2.16. The Kier molecular flexibility index (Phi) is 12.6. The monoisotopic (exact) mass is 174 g/mol. The zero-order valence-electron chi connectivity index (χ0n) is 8.94. The van der Waals surface area contributed by atoms with Crippen LogP contribution in [0.1, 0.15) is 47.0 Å². The first-order valence-electron chi connectivity index (χ1n) is 4.97. The minimum absolute atomic E-state index is 0.150. The molecule has 0 aromatic heterocycles. The molecule has 0 N–H and O–H groups in total. The van der Waals surface area contributed by atoms with Crippen molar-refractivity contribution >= 4 is 0 Å². The van der Waals surface area contributed by atoms with Crippen LogP contribution in [0.4, 0.5) is 4.39 Å². The van der Waals surface area contributed by atoms with Crippen LogP contribution < -0.4 is 0 Å². The van der Waals surface area contributed by atoms with E-state index in [4.69, 9.17) is 0 Å². The van der Waals surface area contributed by atoms with Crippen molar-refractivity contribution in [1.29, 1.82) is 0 Å². The Morgan fingerprint density at radius 3 is 2.25 bits per heavy atom. The van der Waals surface area contributed by atoms with Crippen LogP contribution in [-0.4, -0.2) is 6.17 Å². The molecule has 0 nitrogen and oxygen atoms in total. The van der Waals surface area contributed by atoms with Gasteiger partial charge in [-0.3, -0.25) is 0 Å². The van der Waals surface area contributed by atoms with Crippen molar-refractivity contribution in [2.24, 2.45) is 5.92 Å². The summed E-state index contributed by atoms with van der Waals surface area (Å²) in [4.78, 5) is 0. The predicted octanol–water partition coefficient (Wildman–Crippen LogP) is 4.36. The fraction of sp³-hybridized carbons (Fsp3) is 0.818. The largest absolute Gasteiger partial charge is 0.247 e. The van der Waals surface area contributed by atoms with Crippen LogP contribution in [-0.2, 0) is 0 Å². The predicted molar refractivity (Wildman–Crippen MR) is 55.1 cm³/mol. The molecule has 0 aliphatic heterocycles. The summed E-state index contributed by atoms with van der Waals surface area (Å²) < 4.78 is 12.9. The SMILES string of the molecule is C=CCC(C)C(F)CCC.CC. The van der Waals surface area contributed by atoms with E-state index in [1.165, 1.54) is 0 Å². The average Bonchev–Trinajstić information content (AvgIpc) is 2.09. The summed E-state index contributed by atoms with van der Waals surface area (Å²) in [5.74, 6) is 0.150. The van der Waals surface area contributed by atoms with E-state index in [1.807, 2.05) is 27.7 Å². The van der Waals surface area contributed by atoms with Crippen molar-refractivity contribution in [2.45, 2.75) is 53.1 Å². The zero-order chi connectivity index (χ0) is 9.98. The highest BCUT2D eigenvalue weighted by molar-refractivity contribution is 4.75. The second-order valence-corrected chi connectivity index (χ2v) is 2.81. The molecule has 0 fully saturated rings. The van der Waals surface area contributed by atoms with E-state index in [-0.39, 0.29) is 5.92 Å². The summed E-state index contributed by atoms with van der Waals surface area (Å²) in [7, 11) is 0. The standard InChI is InChI=1S/C9H17F.C2H6/c1-4-6-8(3)9(10)7-5-2;1-2/h4,8-9H,1,5-7H2,2-3H3;1-2H3. The number of hydrogen-bond acceptors (Lipinski definition) is 0. The lowest BCUT2D eigenvalue weighted by Crippen LogP contribution is -2.10. The Balaban J connectivity index is 0. The van der Waals surface area contributed by atoms with Crippen molar-refractivity contribution in [2.75, 3.05) is 0 Å². The van der Waals surface area contributed by atoms with E-state index < -0.39 is 6.17 Å². The molecule has 0 amide bonds. The van der Waals surface area contributed by atoms with E-state index in [0.29, 0.717) is 6.42 Å². The first-order valence-corrected chi connectivity index (χ1v) is 4.97. The average molecular weight is 174 g/mol. The number of hydrogen-bond donors (Lipinski definition) is 0. The third kappa shape index (κ3) is 7.77. The second-order valence-electron chi connectivity index (χ2n) is 2.81. The molecule has 0 aliphatic carbocycles. The van der Waals surface area contributed by atoms with Crippen LogP contribution in [0.15, 0.2) is 12.7 Å².